The van der Waals surface area contributed by atoms with Gasteiger partial charge < -0.3 is 10.1 Å². The van der Waals surface area contributed by atoms with E-state index in [1.54, 1.807) is 42.5 Å². The first-order chi connectivity index (χ1) is 14.5. The number of amides is 1. The van der Waals surface area contributed by atoms with Gasteiger partial charge in [0.2, 0.25) is 5.91 Å². The molecule has 3 aromatic rings. The number of aromatic nitrogens is 3. The van der Waals surface area contributed by atoms with Crippen LogP contribution in [0.25, 0.3) is 0 Å². The zero-order valence-corrected chi connectivity index (χ0v) is 18.5. The summed E-state index contributed by atoms with van der Waals surface area (Å²) in [6.07, 6.45) is 1.38. The van der Waals surface area contributed by atoms with Gasteiger partial charge in [-0.25, -0.2) is 0 Å². The number of carbonyl (C=O) groups excluding carboxylic acids is 1. The highest BCUT2D eigenvalue weighted by Crippen LogP contribution is 2.26. The lowest BCUT2D eigenvalue weighted by molar-refractivity contribution is -0.113. The Morgan fingerprint density at radius 3 is 2.67 bits per heavy atom. The molecular weight excluding hydrogens is 443 g/mol. The van der Waals surface area contributed by atoms with E-state index in [1.807, 2.05) is 23.6 Å². The Balaban J connectivity index is 1.67. The summed E-state index contributed by atoms with van der Waals surface area (Å²) in [4.78, 5) is 12.3. The molecule has 1 aromatic heterocycles. The number of nitrogens with zero attached hydrogens (tertiary/aromatic N) is 3. The molecule has 9 heteroatoms. The molecule has 0 saturated carbocycles. The Bertz CT molecular complexity index is 1040. The standard InChI is InChI=1S/C21H20Cl2N4O2S/c1-3-10-27-20(14(2)29-18-9-5-7-16(23)12-18)25-26-21(27)30-13-19(28)24-17-8-4-6-15(22)11-17/h3-9,11-12,14H,1,10,13H2,2H3,(H,24,28). The molecule has 2 aromatic carbocycles. The van der Waals surface area contributed by atoms with Crippen LogP contribution in [0.4, 0.5) is 5.69 Å². The van der Waals surface area contributed by atoms with E-state index in [0.717, 1.165) is 0 Å². The highest BCUT2D eigenvalue weighted by Gasteiger charge is 2.20. The van der Waals surface area contributed by atoms with E-state index in [0.29, 0.717) is 39.0 Å². The third-order valence-corrected chi connectivity index (χ3v) is 5.41. The topological polar surface area (TPSA) is 69.0 Å². The van der Waals surface area contributed by atoms with Crippen molar-refractivity contribution >= 4 is 46.6 Å². The van der Waals surface area contributed by atoms with Gasteiger partial charge in [-0.15, -0.1) is 16.8 Å². The molecule has 0 aliphatic carbocycles. The summed E-state index contributed by atoms with van der Waals surface area (Å²) in [5.41, 5.74) is 0.643. The Hall–Kier alpha value is -2.48. The van der Waals surface area contributed by atoms with Crippen molar-refractivity contribution in [3.63, 3.8) is 0 Å². The minimum Gasteiger partial charge on any atom is -0.483 e. The predicted octanol–water partition coefficient (Wildman–Crippen LogP) is 5.64. The fourth-order valence-corrected chi connectivity index (χ4v) is 3.82. The molecule has 0 saturated heterocycles. The number of thioether (sulfide) groups is 1. The summed E-state index contributed by atoms with van der Waals surface area (Å²) in [5, 5.41) is 13.1. The summed E-state index contributed by atoms with van der Waals surface area (Å²) in [7, 11) is 0. The zero-order valence-electron chi connectivity index (χ0n) is 16.2. The fraction of sp³-hybridized carbons (Fsp3) is 0.190. The number of allylic oxidation sites excluding steroid dienone is 1. The van der Waals surface area contributed by atoms with Crippen LogP contribution in [-0.2, 0) is 11.3 Å². The number of carbonyl (C=O) groups is 1. The van der Waals surface area contributed by atoms with Crippen LogP contribution in [0.2, 0.25) is 10.0 Å². The molecule has 1 atom stereocenters. The van der Waals surface area contributed by atoms with Gasteiger partial charge >= 0.3 is 0 Å². The summed E-state index contributed by atoms with van der Waals surface area (Å²) in [6, 6.07) is 14.2. The van der Waals surface area contributed by atoms with Gasteiger partial charge in [-0.2, -0.15) is 0 Å². The molecule has 30 heavy (non-hydrogen) atoms. The molecule has 6 nitrogen and oxygen atoms in total. The molecule has 1 unspecified atom stereocenters. The highest BCUT2D eigenvalue weighted by atomic mass is 35.5. The first-order valence-electron chi connectivity index (χ1n) is 9.10. The second-order valence-corrected chi connectivity index (χ2v) is 8.12. The minimum atomic E-state index is -0.370. The number of ether oxygens (including phenoxy) is 1. The molecule has 3 rings (SSSR count). The number of halogens is 2. The maximum Gasteiger partial charge on any atom is 0.234 e. The van der Waals surface area contributed by atoms with Crippen molar-refractivity contribution in [3.8, 4) is 5.75 Å². The third kappa shape index (κ3) is 6.01. The lowest BCUT2D eigenvalue weighted by atomic mass is 10.3. The molecular formula is C21H20Cl2N4O2S. The SMILES string of the molecule is C=CCn1c(SCC(=O)Nc2cccc(Cl)c2)nnc1C(C)Oc1cccc(Cl)c1. The normalized spacial score (nSPS) is 11.7. The molecule has 0 fully saturated rings. The van der Waals surface area contributed by atoms with Crippen molar-refractivity contribution < 1.29 is 9.53 Å². The van der Waals surface area contributed by atoms with Crippen LogP contribution in [0.3, 0.4) is 0 Å². The van der Waals surface area contributed by atoms with Crippen LogP contribution in [0.1, 0.15) is 18.9 Å². The number of hydrogen-bond donors (Lipinski definition) is 1. The molecule has 0 spiro atoms. The summed E-state index contributed by atoms with van der Waals surface area (Å²) >= 11 is 13.3. The van der Waals surface area contributed by atoms with Crippen molar-refractivity contribution in [3.05, 3.63) is 77.1 Å². The molecule has 1 amide bonds. The van der Waals surface area contributed by atoms with Crippen molar-refractivity contribution in [1.82, 2.24) is 14.8 Å². The van der Waals surface area contributed by atoms with E-state index in [-0.39, 0.29) is 17.8 Å². The lowest BCUT2D eigenvalue weighted by Gasteiger charge is -2.16. The van der Waals surface area contributed by atoms with Gasteiger partial charge in [-0.3, -0.25) is 9.36 Å². The average molecular weight is 463 g/mol. The first-order valence-corrected chi connectivity index (χ1v) is 10.8. The Kier molecular flexibility index (Phi) is 7.79. The van der Waals surface area contributed by atoms with Crippen LogP contribution in [0, 0.1) is 0 Å². The van der Waals surface area contributed by atoms with Gasteiger partial charge in [-0.1, -0.05) is 53.2 Å². The smallest absolute Gasteiger partial charge is 0.234 e. The van der Waals surface area contributed by atoms with Gasteiger partial charge in [0.25, 0.3) is 0 Å². The fourth-order valence-electron chi connectivity index (χ4n) is 2.70. The second-order valence-electron chi connectivity index (χ2n) is 6.30. The quantitative estimate of drug-likeness (QED) is 0.329. The maximum atomic E-state index is 12.3. The van der Waals surface area contributed by atoms with E-state index < -0.39 is 0 Å². The van der Waals surface area contributed by atoms with E-state index in [1.165, 1.54) is 11.8 Å². The van der Waals surface area contributed by atoms with E-state index in [2.05, 4.69) is 22.1 Å². The first kappa shape index (κ1) is 22.2. The van der Waals surface area contributed by atoms with Crippen LogP contribution in [0.15, 0.2) is 66.3 Å². The van der Waals surface area contributed by atoms with Gasteiger partial charge in [-0.05, 0) is 43.3 Å². The van der Waals surface area contributed by atoms with Crippen molar-refractivity contribution in [2.24, 2.45) is 0 Å². The second kappa shape index (κ2) is 10.5. The highest BCUT2D eigenvalue weighted by molar-refractivity contribution is 7.99. The Labute approximate surface area is 189 Å². The van der Waals surface area contributed by atoms with Gasteiger partial charge in [0.05, 0.1) is 5.75 Å². The van der Waals surface area contributed by atoms with Crippen LogP contribution in [0.5, 0.6) is 5.75 Å². The van der Waals surface area contributed by atoms with Crippen LogP contribution >= 0.6 is 35.0 Å². The van der Waals surface area contributed by atoms with Crippen molar-refractivity contribution in [2.45, 2.75) is 24.7 Å². The van der Waals surface area contributed by atoms with Crippen molar-refractivity contribution in [1.29, 1.82) is 0 Å². The van der Waals surface area contributed by atoms with Gasteiger partial charge in [0, 0.05) is 22.3 Å². The molecule has 1 heterocycles. The largest absolute Gasteiger partial charge is 0.483 e. The molecule has 156 valence electrons. The van der Waals surface area contributed by atoms with Crippen LogP contribution < -0.4 is 10.1 Å². The molecule has 0 bridgehead atoms. The van der Waals surface area contributed by atoms with E-state index >= 15 is 0 Å². The third-order valence-electron chi connectivity index (χ3n) is 3.97. The summed E-state index contributed by atoms with van der Waals surface area (Å²) in [6.45, 7) is 6.17. The molecule has 1 N–H and O–H groups in total. The molecule has 0 radical (unpaired) electrons. The van der Waals surface area contributed by atoms with Crippen molar-refractivity contribution in [2.75, 3.05) is 11.1 Å². The Morgan fingerprint density at radius 2 is 1.97 bits per heavy atom. The zero-order chi connectivity index (χ0) is 21.5. The Morgan fingerprint density at radius 1 is 1.23 bits per heavy atom. The van der Waals surface area contributed by atoms with E-state index in [4.69, 9.17) is 27.9 Å². The van der Waals surface area contributed by atoms with Crippen LogP contribution in [-0.4, -0.2) is 26.4 Å². The number of anilines is 1. The average Bonchev–Trinajstić information content (AvgIpc) is 3.09. The monoisotopic (exact) mass is 462 g/mol. The number of rotatable bonds is 9. The van der Waals surface area contributed by atoms with E-state index in [9.17, 15) is 4.79 Å². The number of nitrogens with one attached hydrogen (secondary N) is 1. The number of hydrogen-bond acceptors (Lipinski definition) is 5. The number of benzene rings is 2. The minimum absolute atomic E-state index is 0.166. The molecule has 0 aliphatic heterocycles. The summed E-state index contributed by atoms with van der Waals surface area (Å²) in [5.74, 6) is 1.27. The molecule has 0 aliphatic rings. The maximum absolute atomic E-state index is 12.3. The predicted molar refractivity (Wildman–Crippen MR) is 122 cm³/mol. The van der Waals surface area contributed by atoms with Gasteiger partial charge in [0.1, 0.15) is 5.75 Å². The summed E-state index contributed by atoms with van der Waals surface area (Å²) < 4.78 is 7.83. The lowest BCUT2D eigenvalue weighted by Crippen LogP contribution is -2.15. The van der Waals surface area contributed by atoms with Gasteiger partial charge in [0.15, 0.2) is 17.1 Å².